The molecule has 20 heavy (non-hydrogen) atoms. The predicted octanol–water partition coefficient (Wildman–Crippen LogP) is 2.68. The highest BCUT2D eigenvalue weighted by molar-refractivity contribution is 5.90. The molecule has 0 radical (unpaired) electrons. The number of methoxy groups -OCH3 is 1. The second kappa shape index (κ2) is 6.06. The van der Waals surface area contributed by atoms with Gasteiger partial charge in [-0.25, -0.2) is 9.78 Å². The fourth-order valence-electron chi connectivity index (χ4n) is 1.73. The SMILES string of the molecule is COc1cccc(COc2cc(C)ccc2C(=O)O)n1. The molecule has 0 atom stereocenters. The zero-order valence-corrected chi connectivity index (χ0v) is 11.3. The maximum Gasteiger partial charge on any atom is 0.339 e. The number of carbonyl (C=O) groups is 1. The summed E-state index contributed by atoms with van der Waals surface area (Å²) in [5.74, 6) is -0.186. The second-order valence-electron chi connectivity index (χ2n) is 4.26. The van der Waals surface area contributed by atoms with Gasteiger partial charge in [-0.2, -0.15) is 0 Å². The number of nitrogens with zero attached hydrogens (tertiary/aromatic N) is 1. The predicted molar refractivity (Wildman–Crippen MR) is 73.3 cm³/mol. The third kappa shape index (κ3) is 3.26. The van der Waals surface area contributed by atoms with Crippen molar-refractivity contribution in [2.24, 2.45) is 0 Å². The van der Waals surface area contributed by atoms with E-state index in [9.17, 15) is 4.79 Å². The van der Waals surface area contributed by atoms with Crippen LogP contribution in [-0.2, 0) is 6.61 Å². The Kier molecular flexibility index (Phi) is 4.20. The minimum atomic E-state index is -1.02. The molecule has 1 aromatic carbocycles. The first kappa shape index (κ1) is 13.9. The first-order chi connectivity index (χ1) is 9.60. The number of ether oxygens (including phenoxy) is 2. The van der Waals surface area contributed by atoms with Crippen LogP contribution in [0.15, 0.2) is 36.4 Å². The Bertz CT molecular complexity index is 625. The molecule has 0 bridgehead atoms. The van der Waals surface area contributed by atoms with Crippen LogP contribution in [-0.4, -0.2) is 23.2 Å². The molecule has 0 unspecified atom stereocenters. The Balaban J connectivity index is 2.17. The van der Waals surface area contributed by atoms with E-state index in [4.69, 9.17) is 14.6 Å². The average molecular weight is 273 g/mol. The van der Waals surface area contributed by atoms with Crippen LogP contribution in [0.3, 0.4) is 0 Å². The average Bonchev–Trinajstić information content (AvgIpc) is 2.45. The van der Waals surface area contributed by atoms with Crippen molar-refractivity contribution in [3.8, 4) is 11.6 Å². The van der Waals surface area contributed by atoms with Crippen LogP contribution in [0.25, 0.3) is 0 Å². The highest BCUT2D eigenvalue weighted by Gasteiger charge is 2.11. The van der Waals surface area contributed by atoms with Crippen molar-refractivity contribution in [2.45, 2.75) is 13.5 Å². The molecule has 1 heterocycles. The van der Waals surface area contributed by atoms with Gasteiger partial charge in [0.1, 0.15) is 17.9 Å². The molecule has 0 fully saturated rings. The molecule has 5 heteroatoms. The van der Waals surface area contributed by atoms with E-state index in [-0.39, 0.29) is 12.2 Å². The van der Waals surface area contributed by atoms with E-state index >= 15 is 0 Å². The fourth-order valence-corrected chi connectivity index (χ4v) is 1.73. The summed E-state index contributed by atoms with van der Waals surface area (Å²) in [4.78, 5) is 15.3. The Labute approximate surface area is 116 Å². The van der Waals surface area contributed by atoms with Gasteiger partial charge in [-0.3, -0.25) is 0 Å². The Morgan fingerprint density at radius 3 is 2.80 bits per heavy atom. The standard InChI is InChI=1S/C15H15NO4/c1-10-6-7-12(15(17)18)13(8-10)20-9-11-4-3-5-14(16-11)19-2/h3-8H,9H2,1-2H3,(H,17,18). The summed E-state index contributed by atoms with van der Waals surface area (Å²) in [6, 6.07) is 10.3. The zero-order valence-electron chi connectivity index (χ0n) is 11.3. The molecule has 1 N–H and O–H groups in total. The number of rotatable bonds is 5. The van der Waals surface area contributed by atoms with Gasteiger partial charge >= 0.3 is 5.97 Å². The topological polar surface area (TPSA) is 68.7 Å². The van der Waals surface area contributed by atoms with E-state index in [2.05, 4.69) is 4.98 Å². The van der Waals surface area contributed by atoms with Crippen molar-refractivity contribution in [1.82, 2.24) is 4.98 Å². The lowest BCUT2D eigenvalue weighted by Crippen LogP contribution is -2.05. The fraction of sp³-hybridized carbons (Fsp3) is 0.200. The van der Waals surface area contributed by atoms with E-state index in [1.807, 2.05) is 6.92 Å². The number of aromatic nitrogens is 1. The number of aromatic carboxylic acids is 1. The van der Waals surface area contributed by atoms with Crippen LogP contribution in [0.1, 0.15) is 21.6 Å². The van der Waals surface area contributed by atoms with Crippen molar-refractivity contribution >= 4 is 5.97 Å². The molecule has 5 nitrogen and oxygen atoms in total. The summed E-state index contributed by atoms with van der Waals surface area (Å²) >= 11 is 0. The van der Waals surface area contributed by atoms with Crippen LogP contribution in [0.4, 0.5) is 0 Å². The first-order valence-corrected chi connectivity index (χ1v) is 6.07. The molecular formula is C15H15NO4. The lowest BCUT2D eigenvalue weighted by Gasteiger charge is -2.10. The van der Waals surface area contributed by atoms with Crippen molar-refractivity contribution < 1.29 is 19.4 Å². The van der Waals surface area contributed by atoms with Crippen LogP contribution in [0.5, 0.6) is 11.6 Å². The molecule has 0 saturated carbocycles. The molecule has 1 aromatic heterocycles. The molecule has 104 valence electrons. The quantitative estimate of drug-likeness (QED) is 0.907. The number of aryl methyl sites for hydroxylation is 1. The highest BCUT2D eigenvalue weighted by Crippen LogP contribution is 2.21. The zero-order chi connectivity index (χ0) is 14.5. The van der Waals surface area contributed by atoms with Gasteiger partial charge in [0.2, 0.25) is 5.88 Å². The molecule has 0 aliphatic heterocycles. The lowest BCUT2D eigenvalue weighted by molar-refractivity contribution is 0.0691. The molecule has 2 rings (SSSR count). The second-order valence-corrected chi connectivity index (χ2v) is 4.26. The summed E-state index contributed by atoms with van der Waals surface area (Å²) in [5, 5.41) is 9.12. The molecule has 0 saturated heterocycles. The van der Waals surface area contributed by atoms with Crippen molar-refractivity contribution in [3.05, 3.63) is 53.2 Å². The van der Waals surface area contributed by atoms with E-state index in [0.29, 0.717) is 17.3 Å². The third-order valence-electron chi connectivity index (χ3n) is 2.73. The lowest BCUT2D eigenvalue weighted by atomic mass is 10.1. The van der Waals surface area contributed by atoms with Crippen LogP contribution < -0.4 is 9.47 Å². The Morgan fingerprint density at radius 1 is 1.30 bits per heavy atom. The third-order valence-corrected chi connectivity index (χ3v) is 2.73. The van der Waals surface area contributed by atoms with Gasteiger partial charge in [-0.15, -0.1) is 0 Å². The Morgan fingerprint density at radius 2 is 2.10 bits per heavy atom. The van der Waals surface area contributed by atoms with Crippen molar-refractivity contribution in [1.29, 1.82) is 0 Å². The number of benzene rings is 1. The van der Waals surface area contributed by atoms with Gasteiger partial charge in [0.25, 0.3) is 0 Å². The number of hydrogen-bond acceptors (Lipinski definition) is 4. The molecule has 0 amide bonds. The Hall–Kier alpha value is -2.56. The summed E-state index contributed by atoms with van der Waals surface area (Å²) in [6.45, 7) is 2.06. The molecule has 0 aliphatic rings. The number of carboxylic acids is 1. The van der Waals surface area contributed by atoms with Crippen LogP contribution >= 0.6 is 0 Å². The van der Waals surface area contributed by atoms with E-state index < -0.39 is 5.97 Å². The smallest absolute Gasteiger partial charge is 0.339 e. The van der Waals surface area contributed by atoms with E-state index in [0.717, 1.165) is 5.56 Å². The maximum atomic E-state index is 11.1. The maximum absolute atomic E-state index is 11.1. The summed E-state index contributed by atoms with van der Waals surface area (Å²) in [6.07, 6.45) is 0. The number of pyridine rings is 1. The monoisotopic (exact) mass is 273 g/mol. The minimum Gasteiger partial charge on any atom is -0.486 e. The van der Waals surface area contributed by atoms with Gasteiger partial charge in [-0.05, 0) is 30.7 Å². The summed E-state index contributed by atoms with van der Waals surface area (Å²) in [7, 11) is 1.54. The van der Waals surface area contributed by atoms with Gasteiger partial charge in [0.05, 0.1) is 12.8 Å². The first-order valence-electron chi connectivity index (χ1n) is 6.07. The molecule has 0 aliphatic carbocycles. The van der Waals surface area contributed by atoms with E-state index in [1.165, 1.54) is 13.2 Å². The summed E-state index contributed by atoms with van der Waals surface area (Å²) < 4.78 is 10.6. The number of hydrogen-bond donors (Lipinski definition) is 1. The molecular weight excluding hydrogens is 258 g/mol. The largest absolute Gasteiger partial charge is 0.486 e. The summed E-state index contributed by atoms with van der Waals surface area (Å²) in [5.41, 5.74) is 1.74. The van der Waals surface area contributed by atoms with Gasteiger partial charge in [0, 0.05) is 6.07 Å². The minimum absolute atomic E-state index is 0.137. The van der Waals surface area contributed by atoms with E-state index in [1.54, 1.807) is 30.3 Å². The molecule has 2 aromatic rings. The van der Waals surface area contributed by atoms with Crippen molar-refractivity contribution in [3.63, 3.8) is 0 Å². The van der Waals surface area contributed by atoms with Gasteiger partial charge in [0.15, 0.2) is 0 Å². The van der Waals surface area contributed by atoms with Gasteiger partial charge in [-0.1, -0.05) is 12.1 Å². The van der Waals surface area contributed by atoms with Crippen molar-refractivity contribution in [2.75, 3.05) is 7.11 Å². The van der Waals surface area contributed by atoms with Gasteiger partial charge < -0.3 is 14.6 Å². The molecule has 0 spiro atoms. The highest BCUT2D eigenvalue weighted by atomic mass is 16.5. The normalized spacial score (nSPS) is 10.1. The van der Waals surface area contributed by atoms with Crippen LogP contribution in [0, 0.1) is 6.92 Å². The van der Waals surface area contributed by atoms with Crippen LogP contribution in [0.2, 0.25) is 0 Å². The number of carboxylic acid groups (broad SMARTS) is 1.